The Kier molecular flexibility index (Phi) is 5.91. The van der Waals surface area contributed by atoms with Crippen LogP contribution in [0.15, 0.2) is 156 Å². The highest BCUT2D eigenvalue weighted by Gasteiger charge is 2.17. The van der Waals surface area contributed by atoms with E-state index in [2.05, 4.69) is 160 Å². The van der Waals surface area contributed by atoms with E-state index in [1.165, 1.54) is 70.9 Å². The molecule has 1 heterocycles. The van der Waals surface area contributed by atoms with Crippen LogP contribution >= 0.6 is 0 Å². The summed E-state index contributed by atoms with van der Waals surface area (Å²) in [6.07, 6.45) is 0. The molecule has 49 heavy (non-hydrogen) atoms. The van der Waals surface area contributed by atoms with E-state index in [4.69, 9.17) is 4.42 Å². The molecule has 232 valence electrons. The van der Waals surface area contributed by atoms with Crippen molar-refractivity contribution in [2.24, 2.45) is 0 Å². The third kappa shape index (κ3) is 4.32. The third-order valence-electron chi connectivity index (χ3n) is 10.6. The van der Waals surface area contributed by atoms with Crippen molar-refractivity contribution in [1.82, 2.24) is 0 Å². The summed E-state index contributed by atoms with van der Waals surface area (Å²) >= 11 is 0. The maximum atomic E-state index is 6.37. The van der Waals surface area contributed by atoms with Gasteiger partial charge in [0, 0.05) is 16.3 Å². The van der Waals surface area contributed by atoms with Gasteiger partial charge in [0.05, 0.1) is 0 Å². The maximum absolute atomic E-state index is 6.37. The number of fused-ring (bicyclic) bond motifs is 4. The van der Waals surface area contributed by atoms with E-state index in [1.54, 1.807) is 0 Å². The molecule has 9 aromatic carbocycles. The average Bonchev–Trinajstić information content (AvgIpc) is 3.52. The molecular weight excluding hydrogens is 593 g/mol. The molecule has 0 bridgehead atoms. The van der Waals surface area contributed by atoms with Crippen LogP contribution in [0.5, 0.6) is 0 Å². The Morgan fingerprint density at radius 2 is 0.918 bits per heavy atom. The van der Waals surface area contributed by atoms with Gasteiger partial charge < -0.3 is 4.42 Å². The summed E-state index contributed by atoms with van der Waals surface area (Å²) in [6.45, 7) is 6.81. The molecule has 10 rings (SSSR count). The van der Waals surface area contributed by atoms with E-state index in [-0.39, 0.29) is 5.41 Å². The predicted octanol–water partition coefficient (Wildman–Crippen LogP) is 13.9. The van der Waals surface area contributed by atoms with Crippen LogP contribution < -0.4 is 0 Å². The second-order valence-corrected chi connectivity index (χ2v) is 14.5. The van der Waals surface area contributed by atoms with Crippen LogP contribution in [0.2, 0.25) is 0 Å². The van der Waals surface area contributed by atoms with Gasteiger partial charge in [0.2, 0.25) is 0 Å². The zero-order valence-electron chi connectivity index (χ0n) is 27.8. The van der Waals surface area contributed by atoms with Crippen molar-refractivity contribution in [2.75, 3.05) is 0 Å². The fraction of sp³-hybridized carbons (Fsp3) is 0.0833. The van der Waals surface area contributed by atoms with E-state index in [0.717, 1.165) is 33.1 Å². The highest BCUT2D eigenvalue weighted by Crippen LogP contribution is 2.43. The first-order valence-electron chi connectivity index (χ1n) is 17.2. The lowest BCUT2D eigenvalue weighted by Gasteiger charge is -2.20. The minimum atomic E-state index is 0.132. The molecule has 1 nitrogen and oxygen atoms in total. The first kappa shape index (κ1) is 28.1. The molecule has 1 heteroatoms. The number of furan rings is 1. The highest BCUT2D eigenvalue weighted by molar-refractivity contribution is 6.27. The van der Waals surface area contributed by atoms with Gasteiger partial charge in [-0.15, -0.1) is 0 Å². The van der Waals surface area contributed by atoms with Crippen LogP contribution in [0, 0.1) is 0 Å². The van der Waals surface area contributed by atoms with Gasteiger partial charge >= 0.3 is 0 Å². The Morgan fingerprint density at radius 3 is 1.57 bits per heavy atom. The van der Waals surface area contributed by atoms with Gasteiger partial charge in [-0.05, 0) is 100 Å². The molecule has 0 spiro atoms. The van der Waals surface area contributed by atoms with Crippen molar-refractivity contribution in [1.29, 1.82) is 0 Å². The van der Waals surface area contributed by atoms with Crippen molar-refractivity contribution in [2.45, 2.75) is 26.2 Å². The van der Waals surface area contributed by atoms with E-state index >= 15 is 0 Å². The normalized spacial score (nSPS) is 12.4. The van der Waals surface area contributed by atoms with Crippen molar-refractivity contribution in [3.63, 3.8) is 0 Å². The standard InChI is InChI=1S/C48H34O/c1-48(2,3)36-21-15-29(16-22-36)37-23-17-30-20-26-42-38(24-18-31-19-25-41(37)45(30)46(31)42)34-13-11-33-28-35(14-12-32(33)27-34)39-8-6-9-43-40-7-4-5-10-44(40)49-47(39)43/h4-28H,1-3H3. The highest BCUT2D eigenvalue weighted by atomic mass is 16.3. The zero-order chi connectivity index (χ0) is 32.9. The second-order valence-electron chi connectivity index (χ2n) is 14.5. The van der Waals surface area contributed by atoms with Crippen LogP contribution in [-0.4, -0.2) is 0 Å². The summed E-state index contributed by atoms with van der Waals surface area (Å²) in [5.74, 6) is 0. The number of benzene rings is 9. The van der Waals surface area contributed by atoms with Gasteiger partial charge in [0.25, 0.3) is 0 Å². The molecule has 0 atom stereocenters. The van der Waals surface area contributed by atoms with Crippen LogP contribution in [-0.2, 0) is 5.41 Å². The Labute approximate surface area is 285 Å². The predicted molar refractivity (Wildman–Crippen MR) is 210 cm³/mol. The lowest BCUT2D eigenvalue weighted by Crippen LogP contribution is -2.10. The summed E-state index contributed by atoms with van der Waals surface area (Å²) in [7, 11) is 0. The van der Waals surface area contributed by atoms with Gasteiger partial charge in [-0.3, -0.25) is 0 Å². The van der Waals surface area contributed by atoms with Crippen molar-refractivity contribution < 1.29 is 4.42 Å². The Balaban J connectivity index is 1.09. The fourth-order valence-electron chi connectivity index (χ4n) is 8.01. The number of para-hydroxylation sites is 2. The molecule has 0 radical (unpaired) electrons. The molecule has 1 aromatic heterocycles. The summed E-state index contributed by atoms with van der Waals surface area (Å²) in [4.78, 5) is 0. The topological polar surface area (TPSA) is 13.1 Å². The summed E-state index contributed by atoms with van der Waals surface area (Å²) in [5.41, 5.74) is 10.7. The van der Waals surface area contributed by atoms with Crippen LogP contribution in [0.3, 0.4) is 0 Å². The Bertz CT molecular complexity index is 2900. The molecule has 0 saturated carbocycles. The van der Waals surface area contributed by atoms with E-state index < -0.39 is 0 Å². The quantitative estimate of drug-likeness (QED) is 0.178. The Morgan fingerprint density at radius 1 is 0.388 bits per heavy atom. The number of rotatable bonds is 3. The monoisotopic (exact) mass is 626 g/mol. The second kappa shape index (κ2) is 10.3. The maximum Gasteiger partial charge on any atom is 0.143 e. The minimum absolute atomic E-state index is 0.132. The van der Waals surface area contributed by atoms with E-state index in [1.807, 2.05) is 12.1 Å². The van der Waals surface area contributed by atoms with Crippen LogP contribution in [0.4, 0.5) is 0 Å². The van der Waals surface area contributed by atoms with Gasteiger partial charge in [-0.2, -0.15) is 0 Å². The molecule has 0 aliphatic carbocycles. The first-order chi connectivity index (χ1) is 23.9. The Hall–Kier alpha value is -5.92. The SMILES string of the molecule is CC(C)(C)c1ccc(-c2ccc3ccc4c(-c5ccc6cc(-c7cccc8c7oc7ccccc78)ccc6c5)ccc5ccc2c3c54)cc1. The van der Waals surface area contributed by atoms with E-state index in [9.17, 15) is 0 Å². The van der Waals surface area contributed by atoms with Crippen molar-refractivity contribution in [3.05, 3.63) is 157 Å². The average molecular weight is 627 g/mol. The molecule has 0 N–H and O–H groups in total. The zero-order valence-corrected chi connectivity index (χ0v) is 27.8. The largest absolute Gasteiger partial charge is 0.455 e. The molecule has 0 aliphatic rings. The minimum Gasteiger partial charge on any atom is -0.455 e. The molecule has 0 saturated heterocycles. The van der Waals surface area contributed by atoms with Gasteiger partial charge in [0.15, 0.2) is 0 Å². The van der Waals surface area contributed by atoms with Crippen LogP contribution in [0.25, 0.3) is 98.4 Å². The van der Waals surface area contributed by atoms with Crippen LogP contribution in [0.1, 0.15) is 26.3 Å². The van der Waals surface area contributed by atoms with Crippen molar-refractivity contribution in [3.8, 4) is 33.4 Å². The number of hydrogen-bond donors (Lipinski definition) is 0. The molecule has 0 unspecified atom stereocenters. The lowest BCUT2D eigenvalue weighted by molar-refractivity contribution is 0.590. The summed E-state index contributed by atoms with van der Waals surface area (Å²) < 4.78 is 6.37. The smallest absolute Gasteiger partial charge is 0.143 e. The first-order valence-corrected chi connectivity index (χ1v) is 17.2. The molecule has 0 aliphatic heterocycles. The molecule has 10 aromatic rings. The van der Waals surface area contributed by atoms with E-state index in [0.29, 0.717) is 0 Å². The van der Waals surface area contributed by atoms with Gasteiger partial charge in [-0.25, -0.2) is 0 Å². The lowest BCUT2D eigenvalue weighted by atomic mass is 9.84. The van der Waals surface area contributed by atoms with Gasteiger partial charge in [0.1, 0.15) is 11.2 Å². The number of hydrogen-bond acceptors (Lipinski definition) is 1. The molecular formula is C48H34O. The van der Waals surface area contributed by atoms with Crippen molar-refractivity contribution >= 4 is 65.0 Å². The van der Waals surface area contributed by atoms with Gasteiger partial charge in [-0.1, -0.05) is 154 Å². The molecule has 0 amide bonds. The summed E-state index contributed by atoms with van der Waals surface area (Å²) in [6, 6.07) is 55.9. The fourth-order valence-corrected chi connectivity index (χ4v) is 8.01. The third-order valence-corrected chi connectivity index (χ3v) is 10.6. The summed E-state index contributed by atoms with van der Waals surface area (Å²) in [5, 5.41) is 12.6. The molecule has 0 fully saturated rings.